The van der Waals surface area contributed by atoms with Crippen LogP contribution >= 0.6 is 11.6 Å². The fraction of sp³-hybridized carbons (Fsp3) is 0.778. The van der Waals surface area contributed by atoms with Gasteiger partial charge in [0.2, 0.25) is 5.28 Å². The van der Waals surface area contributed by atoms with Crippen LogP contribution in [0.2, 0.25) is 5.28 Å². The van der Waals surface area contributed by atoms with Crippen LogP contribution in [-0.4, -0.2) is 14.8 Å². The normalized spacial score (nSPS) is 19.9. The van der Waals surface area contributed by atoms with Gasteiger partial charge in [-0.2, -0.15) is 0 Å². The Kier molecular flexibility index (Phi) is 2.28. The van der Waals surface area contributed by atoms with E-state index in [1.54, 1.807) is 0 Å². The van der Waals surface area contributed by atoms with Crippen LogP contribution in [0.5, 0.6) is 0 Å². The summed E-state index contributed by atoms with van der Waals surface area (Å²) in [6, 6.07) is 0.455. The predicted molar refractivity (Wildman–Crippen MR) is 51.8 cm³/mol. The second kappa shape index (κ2) is 3.29. The molecule has 1 aromatic heterocycles. The molecule has 0 spiro atoms. The molecule has 1 heterocycles. The lowest BCUT2D eigenvalue weighted by Gasteiger charge is -2.32. The molecule has 3 nitrogen and oxygen atoms in total. The van der Waals surface area contributed by atoms with E-state index in [9.17, 15) is 0 Å². The smallest absolute Gasteiger partial charge is 0.225 e. The number of hydrogen-bond donors (Lipinski definition) is 0. The minimum Gasteiger partial charge on any atom is -0.299 e. The van der Waals surface area contributed by atoms with Crippen molar-refractivity contribution in [2.45, 2.75) is 39.2 Å². The Morgan fingerprint density at radius 1 is 1.46 bits per heavy atom. The lowest BCUT2D eigenvalue weighted by atomic mass is 9.80. The van der Waals surface area contributed by atoms with Gasteiger partial charge in [-0.1, -0.05) is 6.42 Å². The summed E-state index contributed by atoms with van der Waals surface area (Å²) in [7, 11) is 0. The van der Waals surface area contributed by atoms with Gasteiger partial charge in [0.1, 0.15) is 5.82 Å². The van der Waals surface area contributed by atoms with Gasteiger partial charge in [-0.05, 0) is 44.2 Å². The molecule has 1 saturated carbocycles. The molecule has 0 radical (unpaired) electrons. The van der Waals surface area contributed by atoms with Crippen LogP contribution in [0.3, 0.4) is 0 Å². The lowest BCUT2D eigenvalue weighted by Crippen LogP contribution is -2.23. The molecule has 1 aromatic rings. The van der Waals surface area contributed by atoms with Gasteiger partial charge < -0.3 is 0 Å². The maximum Gasteiger partial charge on any atom is 0.225 e. The minimum atomic E-state index is 0.455. The Hall–Kier alpha value is -0.570. The first kappa shape index (κ1) is 9.00. The molecule has 0 amide bonds. The Balaban J connectivity index is 2.22. The highest BCUT2D eigenvalue weighted by Gasteiger charge is 2.27. The molecule has 4 heteroatoms. The Morgan fingerprint density at radius 2 is 2.15 bits per heavy atom. The van der Waals surface area contributed by atoms with E-state index in [-0.39, 0.29) is 0 Å². The molecule has 1 aliphatic rings. The summed E-state index contributed by atoms with van der Waals surface area (Å²) in [6.45, 7) is 4.15. The molecule has 0 N–H and O–H groups in total. The van der Waals surface area contributed by atoms with Crippen molar-refractivity contribution in [1.29, 1.82) is 0 Å². The number of aromatic nitrogens is 3. The molecule has 1 atom stereocenters. The van der Waals surface area contributed by atoms with E-state index in [1.807, 2.05) is 11.5 Å². The highest BCUT2D eigenvalue weighted by Crippen LogP contribution is 2.37. The number of aryl methyl sites for hydroxylation is 1. The highest BCUT2D eigenvalue weighted by atomic mass is 35.5. The molecule has 0 saturated heterocycles. The van der Waals surface area contributed by atoms with Gasteiger partial charge in [0.15, 0.2) is 0 Å². The standard InChI is InChI=1S/C9H14ClN3/c1-6(8-4-3-5-8)13-7(2)11-12-9(13)10/h6,8H,3-5H2,1-2H3. The van der Waals surface area contributed by atoms with Gasteiger partial charge >= 0.3 is 0 Å². The van der Waals surface area contributed by atoms with Crippen LogP contribution in [0, 0.1) is 12.8 Å². The summed E-state index contributed by atoms with van der Waals surface area (Å²) in [4.78, 5) is 0. The van der Waals surface area contributed by atoms with Crippen molar-refractivity contribution in [1.82, 2.24) is 14.8 Å². The van der Waals surface area contributed by atoms with Crippen molar-refractivity contribution in [3.8, 4) is 0 Å². The number of halogens is 1. The second-order valence-corrected chi connectivity index (χ2v) is 4.16. The zero-order valence-electron chi connectivity index (χ0n) is 8.00. The van der Waals surface area contributed by atoms with Crippen LogP contribution < -0.4 is 0 Å². The van der Waals surface area contributed by atoms with Crippen LogP contribution in [0.25, 0.3) is 0 Å². The summed E-state index contributed by atoms with van der Waals surface area (Å²) in [5.41, 5.74) is 0. The van der Waals surface area contributed by atoms with E-state index in [1.165, 1.54) is 19.3 Å². The van der Waals surface area contributed by atoms with Crippen LogP contribution in [0.4, 0.5) is 0 Å². The van der Waals surface area contributed by atoms with E-state index < -0.39 is 0 Å². The van der Waals surface area contributed by atoms with E-state index in [2.05, 4.69) is 17.1 Å². The Morgan fingerprint density at radius 3 is 2.54 bits per heavy atom. The van der Waals surface area contributed by atoms with Crippen molar-refractivity contribution in [3.05, 3.63) is 11.1 Å². The van der Waals surface area contributed by atoms with Gasteiger partial charge in [-0.15, -0.1) is 10.2 Å². The fourth-order valence-electron chi connectivity index (χ4n) is 1.94. The first-order valence-electron chi connectivity index (χ1n) is 4.77. The zero-order chi connectivity index (χ0) is 9.42. The van der Waals surface area contributed by atoms with E-state index in [0.717, 1.165) is 11.7 Å². The number of nitrogens with zero attached hydrogens (tertiary/aromatic N) is 3. The molecule has 1 unspecified atom stereocenters. The Bertz CT molecular complexity index is 284. The topological polar surface area (TPSA) is 30.7 Å². The maximum absolute atomic E-state index is 5.95. The van der Waals surface area contributed by atoms with Gasteiger partial charge in [0.25, 0.3) is 0 Å². The molecule has 0 aromatic carbocycles. The molecule has 1 fully saturated rings. The molecule has 72 valence electrons. The number of rotatable bonds is 2. The molecule has 2 rings (SSSR count). The highest BCUT2D eigenvalue weighted by molar-refractivity contribution is 6.28. The van der Waals surface area contributed by atoms with Gasteiger partial charge in [0.05, 0.1) is 0 Å². The maximum atomic E-state index is 5.95. The van der Waals surface area contributed by atoms with Crippen molar-refractivity contribution in [2.75, 3.05) is 0 Å². The van der Waals surface area contributed by atoms with Crippen LogP contribution in [0.15, 0.2) is 0 Å². The zero-order valence-corrected chi connectivity index (χ0v) is 8.75. The third-order valence-electron chi connectivity index (χ3n) is 3.06. The predicted octanol–water partition coefficient (Wildman–Crippen LogP) is 2.60. The first-order valence-corrected chi connectivity index (χ1v) is 5.15. The average Bonchev–Trinajstić information content (AvgIpc) is 2.27. The third kappa shape index (κ3) is 1.46. The van der Waals surface area contributed by atoms with Crippen LogP contribution in [0.1, 0.15) is 38.1 Å². The molecular formula is C9H14ClN3. The number of hydrogen-bond acceptors (Lipinski definition) is 2. The fourth-order valence-corrected chi connectivity index (χ4v) is 2.25. The van der Waals surface area contributed by atoms with Crippen molar-refractivity contribution in [2.24, 2.45) is 5.92 Å². The quantitative estimate of drug-likeness (QED) is 0.733. The van der Waals surface area contributed by atoms with Gasteiger partial charge in [-0.3, -0.25) is 4.57 Å². The van der Waals surface area contributed by atoms with Gasteiger partial charge in [0, 0.05) is 6.04 Å². The summed E-state index contributed by atoms with van der Waals surface area (Å²) in [5.74, 6) is 1.69. The first-order chi connectivity index (χ1) is 6.20. The molecule has 0 bridgehead atoms. The largest absolute Gasteiger partial charge is 0.299 e. The summed E-state index contributed by atoms with van der Waals surface area (Å²) in [5, 5.41) is 8.34. The molecule has 0 aliphatic heterocycles. The molecule has 1 aliphatic carbocycles. The van der Waals surface area contributed by atoms with Crippen molar-refractivity contribution < 1.29 is 0 Å². The van der Waals surface area contributed by atoms with E-state index in [4.69, 9.17) is 11.6 Å². The van der Waals surface area contributed by atoms with E-state index >= 15 is 0 Å². The monoisotopic (exact) mass is 199 g/mol. The SMILES string of the molecule is Cc1nnc(Cl)n1C(C)C1CCC1. The second-order valence-electron chi connectivity index (χ2n) is 3.82. The van der Waals surface area contributed by atoms with Crippen LogP contribution in [-0.2, 0) is 0 Å². The summed E-state index contributed by atoms with van der Waals surface area (Å²) in [6.07, 6.45) is 3.98. The average molecular weight is 200 g/mol. The van der Waals surface area contributed by atoms with Crippen molar-refractivity contribution >= 4 is 11.6 Å². The minimum absolute atomic E-state index is 0.455. The van der Waals surface area contributed by atoms with E-state index in [0.29, 0.717) is 11.3 Å². The Labute approximate surface area is 83.1 Å². The summed E-state index contributed by atoms with van der Waals surface area (Å²) >= 11 is 5.95. The third-order valence-corrected chi connectivity index (χ3v) is 3.32. The molecule has 13 heavy (non-hydrogen) atoms. The summed E-state index contributed by atoms with van der Waals surface area (Å²) < 4.78 is 2.03. The lowest BCUT2D eigenvalue weighted by molar-refractivity contribution is 0.220. The molecular weight excluding hydrogens is 186 g/mol. The van der Waals surface area contributed by atoms with Gasteiger partial charge in [-0.25, -0.2) is 0 Å². The van der Waals surface area contributed by atoms with Crippen molar-refractivity contribution in [3.63, 3.8) is 0 Å².